The van der Waals surface area contributed by atoms with Gasteiger partial charge < -0.3 is 9.63 Å². The van der Waals surface area contributed by atoms with Gasteiger partial charge in [-0.15, -0.1) is 0 Å². The number of rotatable bonds is 2. The van der Waals surface area contributed by atoms with E-state index in [0.29, 0.717) is 11.3 Å². The number of pyridine rings is 1. The number of fused-ring (bicyclic) bond motifs is 1. The fourth-order valence-corrected chi connectivity index (χ4v) is 1.79. The summed E-state index contributed by atoms with van der Waals surface area (Å²) in [4.78, 5) is 14.8. The quantitative estimate of drug-likeness (QED) is 0.745. The van der Waals surface area contributed by atoms with Crippen LogP contribution in [0.15, 0.2) is 47.2 Å². The highest BCUT2D eigenvalue weighted by Gasteiger charge is 2.12. The van der Waals surface area contributed by atoms with Crippen LogP contribution in [-0.4, -0.2) is 21.2 Å². The minimum Gasteiger partial charge on any atom is -0.478 e. The lowest BCUT2D eigenvalue weighted by Crippen LogP contribution is -1.94. The van der Waals surface area contributed by atoms with Crippen molar-refractivity contribution in [3.8, 4) is 11.3 Å². The molecular formula is C13H8N2O3. The maximum absolute atomic E-state index is 10.9. The van der Waals surface area contributed by atoms with Crippen molar-refractivity contribution in [1.82, 2.24) is 10.1 Å². The maximum atomic E-state index is 10.9. The molecule has 0 aliphatic carbocycles. The van der Waals surface area contributed by atoms with Gasteiger partial charge >= 0.3 is 5.97 Å². The van der Waals surface area contributed by atoms with E-state index in [1.54, 1.807) is 18.5 Å². The van der Waals surface area contributed by atoms with E-state index in [4.69, 9.17) is 9.63 Å². The summed E-state index contributed by atoms with van der Waals surface area (Å²) in [5.41, 5.74) is 2.21. The van der Waals surface area contributed by atoms with Gasteiger partial charge in [0.05, 0.1) is 5.56 Å². The van der Waals surface area contributed by atoms with Crippen molar-refractivity contribution in [2.24, 2.45) is 0 Å². The third-order valence-corrected chi connectivity index (χ3v) is 2.67. The van der Waals surface area contributed by atoms with E-state index >= 15 is 0 Å². The second-order valence-electron chi connectivity index (χ2n) is 3.78. The first kappa shape index (κ1) is 10.5. The number of carbonyl (C=O) groups is 1. The summed E-state index contributed by atoms with van der Waals surface area (Å²) in [6.45, 7) is 0. The number of carboxylic acids is 1. The van der Waals surface area contributed by atoms with Crippen molar-refractivity contribution in [2.45, 2.75) is 0 Å². The summed E-state index contributed by atoms with van der Waals surface area (Å²) in [7, 11) is 0. The molecule has 3 aromatic rings. The Morgan fingerprint density at radius 3 is 2.67 bits per heavy atom. The molecule has 0 radical (unpaired) electrons. The molecule has 0 amide bonds. The van der Waals surface area contributed by atoms with Gasteiger partial charge in [0, 0.05) is 23.3 Å². The molecule has 0 atom stereocenters. The molecule has 0 aliphatic heterocycles. The fraction of sp³-hybridized carbons (Fsp3) is 0. The smallest absolute Gasteiger partial charge is 0.335 e. The Morgan fingerprint density at radius 1 is 1.17 bits per heavy atom. The van der Waals surface area contributed by atoms with E-state index in [9.17, 15) is 4.79 Å². The van der Waals surface area contributed by atoms with E-state index in [2.05, 4.69) is 10.1 Å². The molecule has 18 heavy (non-hydrogen) atoms. The fourth-order valence-electron chi connectivity index (χ4n) is 1.79. The molecule has 88 valence electrons. The SMILES string of the molecule is O=C(O)c1ccc2c(-c3ccncc3)noc2c1. The third kappa shape index (κ3) is 1.62. The van der Waals surface area contributed by atoms with Crippen LogP contribution in [0.25, 0.3) is 22.2 Å². The molecule has 1 N–H and O–H groups in total. The van der Waals surface area contributed by atoms with Gasteiger partial charge in [0.15, 0.2) is 5.58 Å². The molecule has 0 saturated heterocycles. The average molecular weight is 240 g/mol. The Kier molecular flexibility index (Phi) is 2.30. The number of nitrogens with zero attached hydrogens (tertiary/aromatic N) is 2. The predicted molar refractivity (Wildman–Crippen MR) is 64.2 cm³/mol. The number of hydrogen-bond acceptors (Lipinski definition) is 4. The van der Waals surface area contributed by atoms with Gasteiger partial charge in [-0.05, 0) is 30.3 Å². The minimum atomic E-state index is -0.987. The van der Waals surface area contributed by atoms with Crippen LogP contribution in [0.2, 0.25) is 0 Å². The summed E-state index contributed by atoms with van der Waals surface area (Å²) in [6, 6.07) is 8.35. The molecule has 2 heterocycles. The molecule has 0 unspecified atom stereocenters. The Morgan fingerprint density at radius 2 is 1.94 bits per heavy atom. The Labute approximate surface area is 102 Å². The topological polar surface area (TPSA) is 76.2 Å². The van der Waals surface area contributed by atoms with Crippen LogP contribution in [0.5, 0.6) is 0 Å². The van der Waals surface area contributed by atoms with E-state index in [1.807, 2.05) is 12.1 Å². The normalized spacial score (nSPS) is 10.7. The van der Waals surface area contributed by atoms with Crippen LogP contribution in [0, 0.1) is 0 Å². The van der Waals surface area contributed by atoms with Gasteiger partial charge in [-0.1, -0.05) is 5.16 Å². The number of carboxylic acid groups (broad SMARTS) is 1. The first-order valence-corrected chi connectivity index (χ1v) is 5.29. The molecule has 3 rings (SSSR count). The highest BCUT2D eigenvalue weighted by Crippen LogP contribution is 2.27. The minimum absolute atomic E-state index is 0.180. The highest BCUT2D eigenvalue weighted by molar-refractivity contribution is 5.97. The second-order valence-corrected chi connectivity index (χ2v) is 3.78. The van der Waals surface area contributed by atoms with Crippen LogP contribution in [0.3, 0.4) is 0 Å². The van der Waals surface area contributed by atoms with E-state index in [1.165, 1.54) is 12.1 Å². The number of benzene rings is 1. The van der Waals surface area contributed by atoms with Crippen LogP contribution < -0.4 is 0 Å². The Hall–Kier alpha value is -2.69. The van der Waals surface area contributed by atoms with Crippen LogP contribution in [0.4, 0.5) is 0 Å². The Bertz CT molecular complexity index is 719. The van der Waals surface area contributed by atoms with Crippen molar-refractivity contribution >= 4 is 16.9 Å². The zero-order valence-electron chi connectivity index (χ0n) is 9.20. The first-order valence-electron chi connectivity index (χ1n) is 5.29. The average Bonchev–Trinajstić information content (AvgIpc) is 2.82. The van der Waals surface area contributed by atoms with E-state index in [-0.39, 0.29) is 5.56 Å². The molecule has 5 nitrogen and oxygen atoms in total. The number of aromatic nitrogens is 2. The number of aromatic carboxylic acids is 1. The monoisotopic (exact) mass is 240 g/mol. The number of hydrogen-bond donors (Lipinski definition) is 1. The van der Waals surface area contributed by atoms with Crippen LogP contribution in [0.1, 0.15) is 10.4 Å². The van der Waals surface area contributed by atoms with Crippen molar-refractivity contribution in [2.75, 3.05) is 0 Å². The predicted octanol–water partition coefficient (Wildman–Crippen LogP) is 2.59. The van der Waals surface area contributed by atoms with Gasteiger partial charge in [0.1, 0.15) is 5.69 Å². The first-order chi connectivity index (χ1) is 8.75. The summed E-state index contributed by atoms with van der Waals surface area (Å²) >= 11 is 0. The van der Waals surface area contributed by atoms with Crippen molar-refractivity contribution in [3.05, 3.63) is 48.3 Å². The summed E-state index contributed by atoms with van der Waals surface area (Å²) in [6.07, 6.45) is 3.34. The molecule has 1 aromatic carbocycles. The lowest BCUT2D eigenvalue weighted by molar-refractivity contribution is 0.0697. The largest absolute Gasteiger partial charge is 0.478 e. The summed E-state index contributed by atoms with van der Waals surface area (Å²) in [5, 5.41) is 13.7. The summed E-state index contributed by atoms with van der Waals surface area (Å²) < 4.78 is 5.16. The zero-order valence-corrected chi connectivity index (χ0v) is 9.20. The van der Waals surface area contributed by atoms with Gasteiger partial charge in [0.2, 0.25) is 0 Å². The molecule has 0 saturated carbocycles. The van der Waals surface area contributed by atoms with E-state index < -0.39 is 5.97 Å². The lowest BCUT2D eigenvalue weighted by Gasteiger charge is -1.96. The zero-order chi connectivity index (χ0) is 12.5. The molecule has 2 aromatic heterocycles. The van der Waals surface area contributed by atoms with E-state index in [0.717, 1.165) is 10.9 Å². The third-order valence-electron chi connectivity index (χ3n) is 2.67. The second kappa shape index (κ2) is 3.96. The maximum Gasteiger partial charge on any atom is 0.335 e. The standard InChI is InChI=1S/C13H8N2O3/c16-13(17)9-1-2-10-11(7-9)18-15-12(10)8-3-5-14-6-4-8/h1-7H,(H,16,17). The lowest BCUT2D eigenvalue weighted by atomic mass is 10.1. The van der Waals surface area contributed by atoms with Crippen molar-refractivity contribution in [3.63, 3.8) is 0 Å². The van der Waals surface area contributed by atoms with Gasteiger partial charge in [-0.25, -0.2) is 4.79 Å². The van der Waals surface area contributed by atoms with Crippen LogP contribution in [-0.2, 0) is 0 Å². The highest BCUT2D eigenvalue weighted by atomic mass is 16.5. The Balaban J connectivity index is 2.19. The summed E-state index contributed by atoms with van der Waals surface area (Å²) in [5.74, 6) is -0.987. The molecule has 0 spiro atoms. The molecule has 0 fully saturated rings. The van der Waals surface area contributed by atoms with Gasteiger partial charge in [0.25, 0.3) is 0 Å². The molecule has 0 aliphatic rings. The molecule has 5 heteroatoms. The molecule has 0 bridgehead atoms. The van der Waals surface area contributed by atoms with Gasteiger partial charge in [-0.3, -0.25) is 4.98 Å². The molecular weight excluding hydrogens is 232 g/mol. The van der Waals surface area contributed by atoms with Gasteiger partial charge in [-0.2, -0.15) is 0 Å². The van der Waals surface area contributed by atoms with Crippen molar-refractivity contribution < 1.29 is 14.4 Å². The van der Waals surface area contributed by atoms with Crippen LogP contribution >= 0.6 is 0 Å². The van der Waals surface area contributed by atoms with Crippen molar-refractivity contribution in [1.29, 1.82) is 0 Å².